The third-order valence-electron chi connectivity index (χ3n) is 4.05. The molecule has 142 valence electrons. The summed E-state index contributed by atoms with van der Waals surface area (Å²) in [6.45, 7) is 0. The Morgan fingerprint density at radius 1 is 0.714 bits per heavy atom. The Kier molecular flexibility index (Phi) is 7.71. The third kappa shape index (κ3) is 5.17. The molecular formula is C20H20LiO5PS. The predicted molar refractivity (Wildman–Crippen MR) is 109 cm³/mol. The topological polar surface area (TPSA) is 72.8 Å². The van der Waals surface area contributed by atoms with Crippen LogP contribution >= 0.6 is 7.92 Å². The number of hydrogen-bond acceptors (Lipinski definition) is 4. The minimum Gasteiger partial charge on any atom is -1.00 e. The molecule has 0 spiro atoms. The number of hydrogen-bond donors (Lipinski definition) is 1. The first-order chi connectivity index (χ1) is 12.9. The summed E-state index contributed by atoms with van der Waals surface area (Å²) >= 11 is 0. The molecule has 0 bridgehead atoms. The van der Waals surface area contributed by atoms with Crippen LogP contribution in [0.4, 0.5) is 0 Å². The molecule has 0 radical (unpaired) electrons. The van der Waals surface area contributed by atoms with Gasteiger partial charge >= 0.3 is 18.9 Å². The fraction of sp³-hybridized carbons (Fsp3) is 0.100. The Labute approximate surface area is 179 Å². The van der Waals surface area contributed by atoms with Gasteiger partial charge in [-0.3, -0.25) is 4.55 Å². The third-order valence-corrected chi connectivity index (χ3v) is 7.37. The SMILES string of the molecule is COc1ccc(P(c2ccc(OC)cc2)c2ccc(S(=O)(=O)O)cc2)cc1.[H-].[Li+]. The summed E-state index contributed by atoms with van der Waals surface area (Å²) in [4.78, 5) is -0.120. The van der Waals surface area contributed by atoms with Crippen LogP contribution in [0, 0.1) is 0 Å². The summed E-state index contributed by atoms with van der Waals surface area (Å²) in [7, 11) is -1.89. The zero-order valence-electron chi connectivity index (χ0n) is 16.9. The summed E-state index contributed by atoms with van der Waals surface area (Å²) in [6, 6.07) is 22.0. The first-order valence-corrected chi connectivity index (χ1v) is 10.9. The Morgan fingerprint density at radius 3 is 1.32 bits per heavy atom. The van der Waals surface area contributed by atoms with Crippen LogP contribution in [0.25, 0.3) is 0 Å². The fourth-order valence-corrected chi connectivity index (χ4v) is 5.39. The summed E-state index contributed by atoms with van der Waals surface area (Å²) in [5.41, 5.74) is 0. The monoisotopic (exact) mass is 410 g/mol. The van der Waals surface area contributed by atoms with Gasteiger partial charge in [-0.25, -0.2) is 0 Å². The molecule has 0 aliphatic carbocycles. The van der Waals surface area contributed by atoms with Crippen LogP contribution in [0.5, 0.6) is 11.5 Å². The number of benzene rings is 3. The maximum absolute atomic E-state index is 11.3. The second-order valence-electron chi connectivity index (χ2n) is 5.70. The molecule has 0 aliphatic heterocycles. The minimum atomic E-state index is -4.22. The van der Waals surface area contributed by atoms with Crippen molar-refractivity contribution >= 4 is 34.0 Å². The van der Waals surface area contributed by atoms with E-state index in [1.807, 2.05) is 48.5 Å². The number of ether oxygens (including phenoxy) is 2. The van der Waals surface area contributed by atoms with Crippen LogP contribution in [0.1, 0.15) is 1.43 Å². The fourth-order valence-electron chi connectivity index (χ4n) is 2.68. The molecule has 0 unspecified atom stereocenters. The van der Waals surface area contributed by atoms with E-state index in [9.17, 15) is 13.0 Å². The molecule has 0 fully saturated rings. The molecule has 0 atom stereocenters. The zero-order valence-corrected chi connectivity index (χ0v) is 17.6. The average molecular weight is 410 g/mol. The van der Waals surface area contributed by atoms with Crippen molar-refractivity contribution in [2.45, 2.75) is 4.90 Å². The first-order valence-electron chi connectivity index (χ1n) is 8.08. The van der Waals surface area contributed by atoms with Crippen molar-refractivity contribution in [1.29, 1.82) is 0 Å². The molecule has 1 N–H and O–H groups in total. The molecule has 3 aromatic rings. The summed E-state index contributed by atoms with van der Waals surface area (Å²) in [5, 5.41) is 3.15. The quantitative estimate of drug-likeness (QED) is 0.347. The molecule has 0 saturated heterocycles. The smallest absolute Gasteiger partial charge is 1.00 e. The number of methoxy groups -OCH3 is 2. The molecule has 0 aliphatic rings. The maximum atomic E-state index is 11.3. The van der Waals surface area contributed by atoms with E-state index in [2.05, 4.69) is 0 Å². The van der Waals surface area contributed by atoms with Crippen molar-refractivity contribution in [3.05, 3.63) is 72.8 Å². The van der Waals surface area contributed by atoms with Gasteiger partial charge in [0.25, 0.3) is 10.1 Å². The van der Waals surface area contributed by atoms with Gasteiger partial charge in [0.15, 0.2) is 0 Å². The molecule has 28 heavy (non-hydrogen) atoms. The van der Waals surface area contributed by atoms with Crippen LogP contribution in [0.2, 0.25) is 0 Å². The van der Waals surface area contributed by atoms with Crippen molar-refractivity contribution in [2.24, 2.45) is 0 Å². The molecule has 0 aromatic heterocycles. The van der Waals surface area contributed by atoms with E-state index in [1.54, 1.807) is 26.4 Å². The summed E-state index contributed by atoms with van der Waals surface area (Å²) < 4.78 is 42.4. The van der Waals surface area contributed by atoms with Gasteiger partial charge in [0.1, 0.15) is 11.5 Å². The van der Waals surface area contributed by atoms with Gasteiger partial charge in [-0.05, 0) is 60.2 Å². The molecule has 3 rings (SSSR count). The van der Waals surface area contributed by atoms with Gasteiger partial charge in [-0.1, -0.05) is 36.4 Å². The van der Waals surface area contributed by atoms with E-state index in [0.29, 0.717) is 0 Å². The van der Waals surface area contributed by atoms with Crippen LogP contribution in [0.3, 0.4) is 0 Å². The van der Waals surface area contributed by atoms with Crippen LogP contribution in [-0.2, 0) is 10.1 Å². The first kappa shape index (κ1) is 22.5. The Hall–Kier alpha value is -1.80. The van der Waals surface area contributed by atoms with Gasteiger partial charge in [0.2, 0.25) is 0 Å². The second kappa shape index (κ2) is 9.60. The van der Waals surface area contributed by atoms with E-state index in [1.165, 1.54) is 12.1 Å². The van der Waals surface area contributed by atoms with Gasteiger partial charge in [-0.15, -0.1) is 0 Å². The van der Waals surface area contributed by atoms with Crippen LogP contribution < -0.4 is 44.2 Å². The van der Waals surface area contributed by atoms with E-state index in [0.717, 1.165) is 27.4 Å². The molecule has 8 heteroatoms. The standard InChI is InChI=1S/C20H19O5PS.Li.H/c1-24-15-3-7-17(8-4-15)26(18-9-5-16(25-2)6-10-18)19-11-13-20(14-12-19)27(21,22)23;;/h3-14H,1-2H3,(H,21,22,23);;/q;+1;-1. The van der Waals surface area contributed by atoms with Crippen molar-refractivity contribution in [3.8, 4) is 11.5 Å². The molecule has 0 amide bonds. The van der Waals surface area contributed by atoms with Gasteiger partial charge in [-0.2, -0.15) is 8.42 Å². The van der Waals surface area contributed by atoms with Crippen molar-refractivity contribution in [2.75, 3.05) is 14.2 Å². The predicted octanol–water partition coefficient (Wildman–Crippen LogP) is -0.175. The van der Waals surface area contributed by atoms with Crippen LogP contribution in [0.15, 0.2) is 77.7 Å². The molecule has 5 nitrogen and oxygen atoms in total. The van der Waals surface area contributed by atoms with Gasteiger partial charge < -0.3 is 10.9 Å². The summed E-state index contributed by atoms with van der Waals surface area (Å²) in [6.07, 6.45) is 0. The minimum absolute atomic E-state index is 0. The Morgan fingerprint density at radius 2 is 1.04 bits per heavy atom. The van der Waals surface area contributed by atoms with E-state index >= 15 is 0 Å². The van der Waals surface area contributed by atoms with E-state index < -0.39 is 18.0 Å². The molecule has 3 aromatic carbocycles. The van der Waals surface area contributed by atoms with Crippen molar-refractivity contribution in [3.63, 3.8) is 0 Å². The molecular weight excluding hydrogens is 390 g/mol. The zero-order chi connectivity index (χ0) is 19.4. The van der Waals surface area contributed by atoms with Crippen molar-refractivity contribution in [1.82, 2.24) is 0 Å². The normalized spacial score (nSPS) is 11.0. The number of rotatable bonds is 6. The Bertz CT molecular complexity index is 963. The molecule has 0 heterocycles. The Balaban J connectivity index is 0.00000210. The van der Waals surface area contributed by atoms with Crippen LogP contribution in [-0.4, -0.2) is 27.2 Å². The van der Waals surface area contributed by atoms with E-state index in [4.69, 9.17) is 9.47 Å². The van der Waals surface area contributed by atoms with Gasteiger partial charge in [0, 0.05) is 0 Å². The van der Waals surface area contributed by atoms with Gasteiger partial charge in [0.05, 0.1) is 19.1 Å². The van der Waals surface area contributed by atoms with Crippen molar-refractivity contribution < 1.29 is 42.7 Å². The maximum Gasteiger partial charge on any atom is 1.00 e. The van der Waals surface area contributed by atoms with E-state index in [-0.39, 0.29) is 25.2 Å². The average Bonchev–Trinajstić information content (AvgIpc) is 2.69. The molecule has 0 saturated carbocycles. The largest absolute Gasteiger partial charge is 1.00 e. The summed E-state index contributed by atoms with van der Waals surface area (Å²) in [5.74, 6) is 1.54. The second-order valence-corrected chi connectivity index (χ2v) is 9.34.